The second kappa shape index (κ2) is 5.36. The van der Waals surface area contributed by atoms with Crippen LogP contribution >= 0.6 is 0 Å². The molecule has 0 aliphatic heterocycles. The molecule has 0 heterocycles. The third kappa shape index (κ3) is 2.69. The van der Waals surface area contributed by atoms with Crippen molar-refractivity contribution in [1.82, 2.24) is 0 Å². The van der Waals surface area contributed by atoms with Crippen LogP contribution in [-0.4, -0.2) is 13.0 Å². The van der Waals surface area contributed by atoms with Gasteiger partial charge in [-0.25, -0.2) is 0 Å². The average molecular weight is 241 g/mol. The summed E-state index contributed by atoms with van der Waals surface area (Å²) in [6.07, 6.45) is 0. The van der Waals surface area contributed by atoms with Gasteiger partial charge in [-0.15, -0.1) is 0 Å². The predicted molar refractivity (Wildman–Crippen MR) is 72.1 cm³/mol. The van der Waals surface area contributed by atoms with Crippen LogP contribution in [0.15, 0.2) is 48.5 Å². The lowest BCUT2D eigenvalue weighted by molar-refractivity contribution is 0.102. The van der Waals surface area contributed by atoms with Crippen LogP contribution in [0.1, 0.15) is 15.9 Å². The number of hydrogen-bond donors (Lipinski definition) is 1. The molecule has 3 heteroatoms. The summed E-state index contributed by atoms with van der Waals surface area (Å²) in [5.41, 5.74) is 2.41. The van der Waals surface area contributed by atoms with Gasteiger partial charge in [-0.3, -0.25) is 4.79 Å². The third-order valence-electron chi connectivity index (χ3n) is 2.72. The highest BCUT2D eigenvalue weighted by Crippen LogP contribution is 2.21. The van der Waals surface area contributed by atoms with Crippen molar-refractivity contribution in [1.29, 1.82) is 0 Å². The van der Waals surface area contributed by atoms with Gasteiger partial charge in [-0.1, -0.05) is 18.2 Å². The van der Waals surface area contributed by atoms with Crippen molar-refractivity contribution in [2.45, 2.75) is 6.92 Å². The van der Waals surface area contributed by atoms with Gasteiger partial charge in [0, 0.05) is 11.3 Å². The number of carbonyl (C=O) groups excluding carboxylic acids is 1. The first-order valence-corrected chi connectivity index (χ1v) is 5.72. The Kier molecular flexibility index (Phi) is 3.63. The van der Waals surface area contributed by atoms with E-state index in [4.69, 9.17) is 4.74 Å². The number of aryl methyl sites for hydroxylation is 1. The Morgan fingerprint density at radius 2 is 1.83 bits per heavy atom. The Morgan fingerprint density at radius 3 is 2.44 bits per heavy atom. The van der Waals surface area contributed by atoms with Crippen molar-refractivity contribution in [3.63, 3.8) is 0 Å². The van der Waals surface area contributed by atoms with Crippen molar-refractivity contribution in [3.05, 3.63) is 59.7 Å². The second-order valence-corrected chi connectivity index (χ2v) is 4.00. The van der Waals surface area contributed by atoms with Crippen LogP contribution in [-0.2, 0) is 0 Å². The Morgan fingerprint density at radius 1 is 1.11 bits per heavy atom. The molecule has 0 aliphatic carbocycles. The molecular formula is C15H15NO2. The van der Waals surface area contributed by atoms with E-state index < -0.39 is 0 Å². The zero-order chi connectivity index (χ0) is 13.0. The van der Waals surface area contributed by atoms with Crippen LogP contribution < -0.4 is 10.1 Å². The summed E-state index contributed by atoms with van der Waals surface area (Å²) in [6, 6.07) is 14.7. The minimum absolute atomic E-state index is 0.108. The molecule has 0 radical (unpaired) electrons. The highest BCUT2D eigenvalue weighted by atomic mass is 16.5. The van der Waals surface area contributed by atoms with Crippen molar-refractivity contribution >= 4 is 11.6 Å². The maximum Gasteiger partial charge on any atom is 0.255 e. The fraction of sp³-hybridized carbons (Fsp3) is 0.133. The number of hydrogen-bond acceptors (Lipinski definition) is 2. The van der Waals surface area contributed by atoms with Gasteiger partial charge < -0.3 is 10.1 Å². The van der Waals surface area contributed by atoms with E-state index >= 15 is 0 Å². The number of nitrogens with one attached hydrogen (secondary N) is 1. The topological polar surface area (TPSA) is 38.3 Å². The molecule has 92 valence electrons. The highest BCUT2D eigenvalue weighted by Gasteiger charge is 2.07. The maximum absolute atomic E-state index is 12.0. The Hall–Kier alpha value is -2.29. The monoisotopic (exact) mass is 241 g/mol. The molecule has 2 rings (SSSR count). The number of anilines is 1. The lowest BCUT2D eigenvalue weighted by Crippen LogP contribution is -2.12. The van der Waals surface area contributed by atoms with Gasteiger partial charge in [-0.2, -0.15) is 0 Å². The van der Waals surface area contributed by atoms with Crippen molar-refractivity contribution in [2.75, 3.05) is 12.4 Å². The van der Waals surface area contributed by atoms with E-state index in [1.165, 1.54) is 0 Å². The largest absolute Gasteiger partial charge is 0.497 e. The van der Waals surface area contributed by atoms with Gasteiger partial charge in [0.05, 0.1) is 7.11 Å². The normalized spacial score (nSPS) is 9.89. The second-order valence-electron chi connectivity index (χ2n) is 4.00. The lowest BCUT2D eigenvalue weighted by Gasteiger charge is -2.09. The number of benzene rings is 2. The molecule has 18 heavy (non-hydrogen) atoms. The van der Waals surface area contributed by atoms with Gasteiger partial charge in [0.25, 0.3) is 5.91 Å². The average Bonchev–Trinajstić information content (AvgIpc) is 2.42. The smallest absolute Gasteiger partial charge is 0.255 e. The van der Waals surface area contributed by atoms with Gasteiger partial charge in [0.15, 0.2) is 0 Å². The van der Waals surface area contributed by atoms with Gasteiger partial charge >= 0.3 is 0 Å². The Balaban J connectivity index is 2.17. The zero-order valence-corrected chi connectivity index (χ0v) is 10.4. The summed E-state index contributed by atoms with van der Waals surface area (Å²) in [7, 11) is 1.62. The van der Waals surface area contributed by atoms with Gasteiger partial charge in [0.2, 0.25) is 0 Å². The number of ether oxygens (including phenoxy) is 1. The molecule has 0 aliphatic rings. The number of carbonyl (C=O) groups is 1. The van der Waals surface area contributed by atoms with Crippen LogP contribution in [0, 0.1) is 6.92 Å². The first-order chi connectivity index (χ1) is 8.70. The van der Waals surface area contributed by atoms with E-state index in [1.807, 2.05) is 43.3 Å². The molecule has 0 atom stereocenters. The minimum Gasteiger partial charge on any atom is -0.497 e. The number of rotatable bonds is 3. The molecule has 3 nitrogen and oxygen atoms in total. The number of methoxy groups -OCH3 is 1. The van der Waals surface area contributed by atoms with E-state index in [0.717, 1.165) is 17.0 Å². The fourth-order valence-electron chi connectivity index (χ4n) is 1.69. The molecule has 0 saturated carbocycles. The van der Waals surface area contributed by atoms with Crippen molar-refractivity contribution < 1.29 is 9.53 Å². The molecule has 1 N–H and O–H groups in total. The van der Waals surface area contributed by atoms with E-state index in [1.54, 1.807) is 19.2 Å². The van der Waals surface area contributed by atoms with Crippen LogP contribution in [0.3, 0.4) is 0 Å². The first kappa shape index (κ1) is 12.2. The van der Waals surface area contributed by atoms with Crippen LogP contribution in [0.25, 0.3) is 0 Å². The molecule has 1 amide bonds. The molecule has 0 bridgehead atoms. The summed E-state index contributed by atoms with van der Waals surface area (Å²) in [5.74, 6) is 0.675. The number of amides is 1. The van der Waals surface area contributed by atoms with Gasteiger partial charge in [0.1, 0.15) is 5.75 Å². The minimum atomic E-state index is -0.108. The summed E-state index contributed by atoms with van der Waals surface area (Å²) < 4.78 is 5.13. The van der Waals surface area contributed by atoms with E-state index in [9.17, 15) is 4.79 Å². The van der Waals surface area contributed by atoms with Crippen LogP contribution in [0.2, 0.25) is 0 Å². The van der Waals surface area contributed by atoms with E-state index in [0.29, 0.717) is 5.56 Å². The van der Waals surface area contributed by atoms with E-state index in [2.05, 4.69) is 5.32 Å². The van der Waals surface area contributed by atoms with Gasteiger partial charge in [-0.05, 0) is 42.8 Å². The van der Waals surface area contributed by atoms with Crippen molar-refractivity contribution in [2.24, 2.45) is 0 Å². The Labute approximate surface area is 106 Å². The zero-order valence-electron chi connectivity index (χ0n) is 10.4. The molecular weight excluding hydrogens is 226 g/mol. The predicted octanol–water partition coefficient (Wildman–Crippen LogP) is 3.26. The summed E-state index contributed by atoms with van der Waals surface area (Å²) in [6.45, 7) is 1.93. The molecule has 0 aromatic heterocycles. The van der Waals surface area contributed by atoms with E-state index in [-0.39, 0.29) is 5.91 Å². The van der Waals surface area contributed by atoms with Crippen molar-refractivity contribution in [3.8, 4) is 5.75 Å². The molecule has 0 saturated heterocycles. The summed E-state index contributed by atoms with van der Waals surface area (Å²) in [4.78, 5) is 12.0. The quantitative estimate of drug-likeness (QED) is 0.895. The first-order valence-electron chi connectivity index (χ1n) is 5.72. The summed E-state index contributed by atoms with van der Waals surface area (Å²) >= 11 is 0. The van der Waals surface area contributed by atoms with Crippen LogP contribution in [0.4, 0.5) is 5.69 Å². The molecule has 2 aromatic rings. The molecule has 0 fully saturated rings. The highest BCUT2D eigenvalue weighted by molar-refractivity contribution is 6.04. The lowest BCUT2D eigenvalue weighted by atomic mass is 10.1. The maximum atomic E-state index is 12.0. The molecule has 2 aromatic carbocycles. The molecule has 0 unspecified atom stereocenters. The SMILES string of the molecule is COc1ccc(NC(=O)c2ccccc2)c(C)c1. The standard InChI is InChI=1S/C15H15NO2/c1-11-10-13(18-2)8-9-14(11)16-15(17)12-6-4-3-5-7-12/h3-10H,1-2H3,(H,16,17). The van der Waals surface area contributed by atoms with Crippen LogP contribution in [0.5, 0.6) is 5.75 Å². The third-order valence-corrected chi connectivity index (χ3v) is 2.72. The Bertz CT molecular complexity index is 550. The molecule has 0 spiro atoms. The summed E-state index contributed by atoms with van der Waals surface area (Å²) in [5, 5.41) is 2.88. The fourth-order valence-corrected chi connectivity index (χ4v) is 1.69.